The van der Waals surface area contributed by atoms with E-state index in [1.54, 1.807) is 0 Å². The second kappa shape index (κ2) is 4.21. The van der Waals surface area contributed by atoms with Crippen LogP contribution in [0.3, 0.4) is 0 Å². The molecule has 1 nitrogen and oxygen atoms in total. The van der Waals surface area contributed by atoms with Gasteiger partial charge in [-0.1, -0.05) is 29.3 Å². The SMILES string of the molecule is CC(C)N(C)c1c(Cl)cccc1Cl. The van der Waals surface area contributed by atoms with Crippen LogP contribution in [0.1, 0.15) is 13.8 Å². The number of halogens is 2. The highest BCUT2D eigenvalue weighted by molar-refractivity contribution is 6.39. The van der Waals surface area contributed by atoms with Crippen molar-refractivity contribution in [3.05, 3.63) is 28.2 Å². The van der Waals surface area contributed by atoms with Crippen LogP contribution in [0.4, 0.5) is 5.69 Å². The molecule has 0 spiro atoms. The Labute approximate surface area is 89.3 Å². The van der Waals surface area contributed by atoms with Crippen molar-refractivity contribution in [2.45, 2.75) is 19.9 Å². The average molecular weight is 218 g/mol. The summed E-state index contributed by atoms with van der Waals surface area (Å²) in [6, 6.07) is 5.93. The van der Waals surface area contributed by atoms with E-state index in [1.807, 2.05) is 25.2 Å². The molecular formula is C10H13Cl2N. The molecule has 0 bridgehead atoms. The number of para-hydroxylation sites is 1. The molecule has 0 aromatic heterocycles. The minimum absolute atomic E-state index is 0.386. The van der Waals surface area contributed by atoms with Gasteiger partial charge in [-0.15, -0.1) is 0 Å². The first-order chi connectivity index (χ1) is 6.04. The van der Waals surface area contributed by atoms with Crippen LogP contribution in [0.5, 0.6) is 0 Å². The third-order valence-corrected chi connectivity index (χ3v) is 2.67. The highest BCUT2D eigenvalue weighted by Gasteiger charge is 2.12. The smallest absolute Gasteiger partial charge is 0.0744 e. The molecule has 1 rings (SSSR count). The summed E-state index contributed by atoms with van der Waals surface area (Å²) < 4.78 is 0. The normalized spacial score (nSPS) is 10.6. The Morgan fingerprint density at radius 1 is 1.15 bits per heavy atom. The number of benzene rings is 1. The fraction of sp³-hybridized carbons (Fsp3) is 0.400. The zero-order valence-electron chi connectivity index (χ0n) is 8.01. The van der Waals surface area contributed by atoms with Crippen molar-refractivity contribution in [1.82, 2.24) is 0 Å². The third-order valence-electron chi connectivity index (χ3n) is 2.06. The summed E-state index contributed by atoms with van der Waals surface area (Å²) >= 11 is 12.1. The first-order valence-electron chi connectivity index (χ1n) is 4.21. The molecule has 1 aromatic carbocycles. The zero-order chi connectivity index (χ0) is 10.0. The summed E-state index contributed by atoms with van der Waals surface area (Å²) in [6.45, 7) is 4.19. The number of hydrogen-bond donors (Lipinski definition) is 0. The molecule has 0 heterocycles. The molecule has 0 saturated carbocycles. The lowest BCUT2D eigenvalue weighted by atomic mass is 10.2. The second-order valence-corrected chi connectivity index (χ2v) is 4.09. The molecule has 72 valence electrons. The van der Waals surface area contributed by atoms with Crippen LogP contribution in [-0.2, 0) is 0 Å². The largest absolute Gasteiger partial charge is 0.370 e. The van der Waals surface area contributed by atoms with Gasteiger partial charge >= 0.3 is 0 Å². The van der Waals surface area contributed by atoms with Crippen LogP contribution in [-0.4, -0.2) is 13.1 Å². The van der Waals surface area contributed by atoms with E-state index >= 15 is 0 Å². The van der Waals surface area contributed by atoms with E-state index in [2.05, 4.69) is 18.7 Å². The Kier molecular flexibility index (Phi) is 3.46. The van der Waals surface area contributed by atoms with Crippen LogP contribution in [0, 0.1) is 0 Å². The maximum Gasteiger partial charge on any atom is 0.0744 e. The molecule has 0 unspecified atom stereocenters. The second-order valence-electron chi connectivity index (χ2n) is 3.27. The van der Waals surface area contributed by atoms with Gasteiger partial charge in [0.05, 0.1) is 15.7 Å². The summed E-state index contributed by atoms with van der Waals surface area (Å²) in [5, 5.41) is 1.40. The molecular weight excluding hydrogens is 205 g/mol. The van der Waals surface area contributed by atoms with Gasteiger partial charge in [-0.25, -0.2) is 0 Å². The van der Waals surface area contributed by atoms with Gasteiger partial charge in [-0.2, -0.15) is 0 Å². The summed E-state index contributed by atoms with van der Waals surface area (Å²) in [7, 11) is 1.98. The van der Waals surface area contributed by atoms with E-state index in [4.69, 9.17) is 23.2 Å². The van der Waals surface area contributed by atoms with E-state index in [0.717, 1.165) is 5.69 Å². The fourth-order valence-electron chi connectivity index (χ4n) is 1.08. The number of anilines is 1. The van der Waals surface area contributed by atoms with Crippen LogP contribution < -0.4 is 4.90 Å². The molecule has 0 aliphatic heterocycles. The molecule has 0 radical (unpaired) electrons. The van der Waals surface area contributed by atoms with Crippen LogP contribution in [0.25, 0.3) is 0 Å². The Hall–Kier alpha value is -0.400. The van der Waals surface area contributed by atoms with Gasteiger partial charge in [0, 0.05) is 13.1 Å². The van der Waals surface area contributed by atoms with Gasteiger partial charge in [0.25, 0.3) is 0 Å². The lowest BCUT2D eigenvalue weighted by Crippen LogP contribution is -2.26. The van der Waals surface area contributed by atoms with Gasteiger partial charge < -0.3 is 4.90 Å². The molecule has 0 amide bonds. The van der Waals surface area contributed by atoms with E-state index in [0.29, 0.717) is 16.1 Å². The molecule has 0 aliphatic rings. The van der Waals surface area contributed by atoms with Crippen molar-refractivity contribution >= 4 is 28.9 Å². The lowest BCUT2D eigenvalue weighted by molar-refractivity contribution is 0.755. The Bertz CT molecular complexity index is 277. The molecule has 13 heavy (non-hydrogen) atoms. The van der Waals surface area contributed by atoms with Crippen molar-refractivity contribution in [2.24, 2.45) is 0 Å². The van der Waals surface area contributed by atoms with E-state index < -0.39 is 0 Å². The van der Waals surface area contributed by atoms with Crippen molar-refractivity contribution in [2.75, 3.05) is 11.9 Å². The van der Waals surface area contributed by atoms with Gasteiger partial charge in [0.15, 0.2) is 0 Å². The number of rotatable bonds is 2. The molecule has 0 aliphatic carbocycles. The predicted octanol–water partition coefficient (Wildman–Crippen LogP) is 3.84. The molecule has 0 atom stereocenters. The summed E-state index contributed by atoms with van der Waals surface area (Å²) in [6.07, 6.45) is 0. The molecule has 1 aromatic rings. The minimum Gasteiger partial charge on any atom is -0.370 e. The molecule has 0 saturated heterocycles. The topological polar surface area (TPSA) is 3.24 Å². The maximum atomic E-state index is 6.04. The van der Waals surface area contributed by atoms with E-state index in [1.165, 1.54) is 0 Å². The third kappa shape index (κ3) is 2.29. The minimum atomic E-state index is 0.386. The zero-order valence-corrected chi connectivity index (χ0v) is 9.52. The van der Waals surface area contributed by atoms with E-state index in [9.17, 15) is 0 Å². The Balaban J connectivity index is 3.12. The highest BCUT2D eigenvalue weighted by Crippen LogP contribution is 2.33. The van der Waals surface area contributed by atoms with Crippen molar-refractivity contribution in [1.29, 1.82) is 0 Å². The van der Waals surface area contributed by atoms with Gasteiger partial charge in [-0.3, -0.25) is 0 Å². The average Bonchev–Trinajstić information content (AvgIpc) is 2.03. The van der Waals surface area contributed by atoms with Crippen molar-refractivity contribution in [3.8, 4) is 0 Å². The highest BCUT2D eigenvalue weighted by atomic mass is 35.5. The number of nitrogens with zero attached hydrogens (tertiary/aromatic N) is 1. The first kappa shape index (κ1) is 10.7. The fourth-order valence-corrected chi connectivity index (χ4v) is 1.75. The molecule has 3 heteroatoms. The van der Waals surface area contributed by atoms with Crippen molar-refractivity contribution < 1.29 is 0 Å². The lowest BCUT2D eigenvalue weighted by Gasteiger charge is -2.25. The standard InChI is InChI=1S/C10H13Cl2N/c1-7(2)13(3)10-8(11)5-4-6-9(10)12/h4-7H,1-3H3. The maximum absolute atomic E-state index is 6.04. The first-order valence-corrected chi connectivity index (χ1v) is 4.96. The van der Waals surface area contributed by atoms with Crippen LogP contribution in [0.2, 0.25) is 10.0 Å². The van der Waals surface area contributed by atoms with Crippen LogP contribution in [0.15, 0.2) is 18.2 Å². The Morgan fingerprint density at radius 3 is 2.00 bits per heavy atom. The van der Waals surface area contributed by atoms with E-state index in [-0.39, 0.29) is 0 Å². The monoisotopic (exact) mass is 217 g/mol. The predicted molar refractivity (Wildman–Crippen MR) is 60.0 cm³/mol. The van der Waals surface area contributed by atoms with Gasteiger partial charge in [0.2, 0.25) is 0 Å². The van der Waals surface area contributed by atoms with Crippen molar-refractivity contribution in [3.63, 3.8) is 0 Å². The summed E-state index contributed by atoms with van der Waals surface area (Å²) in [5.41, 5.74) is 0.904. The van der Waals surface area contributed by atoms with Gasteiger partial charge in [-0.05, 0) is 26.0 Å². The quantitative estimate of drug-likeness (QED) is 0.728. The van der Waals surface area contributed by atoms with Gasteiger partial charge in [0.1, 0.15) is 0 Å². The number of hydrogen-bond acceptors (Lipinski definition) is 1. The summed E-state index contributed by atoms with van der Waals surface area (Å²) in [5.74, 6) is 0. The Morgan fingerprint density at radius 2 is 1.62 bits per heavy atom. The molecule has 0 N–H and O–H groups in total. The molecule has 0 fully saturated rings. The van der Waals surface area contributed by atoms with Crippen LogP contribution >= 0.6 is 23.2 Å². The summed E-state index contributed by atoms with van der Waals surface area (Å²) in [4.78, 5) is 2.06.